The van der Waals surface area contributed by atoms with E-state index in [0.29, 0.717) is 0 Å². The number of methoxy groups -OCH3 is 1. The average molecular weight is 203 g/mol. The normalized spacial score (nSPS) is 10.3. The summed E-state index contributed by atoms with van der Waals surface area (Å²) in [5.74, 6) is 1.70. The molecule has 0 saturated carbocycles. The highest BCUT2D eigenvalue weighted by Gasteiger charge is 2.06. The summed E-state index contributed by atoms with van der Waals surface area (Å²) >= 11 is 0. The average Bonchev–Trinajstić information content (AvgIpc) is 2.77. The Kier molecular flexibility index (Phi) is 2.67. The van der Waals surface area contributed by atoms with E-state index in [1.54, 1.807) is 13.4 Å². The summed E-state index contributed by atoms with van der Waals surface area (Å²) in [6, 6.07) is 7.81. The zero-order valence-corrected chi connectivity index (χ0v) is 8.84. The Balaban J connectivity index is 2.44. The lowest BCUT2D eigenvalue weighted by molar-refractivity contribution is 0.415. The third-order valence-electron chi connectivity index (χ3n) is 2.28. The van der Waals surface area contributed by atoms with Crippen molar-refractivity contribution in [1.82, 2.24) is 14.8 Å². The van der Waals surface area contributed by atoms with Crippen LogP contribution in [0.2, 0.25) is 0 Å². The number of benzene rings is 1. The third-order valence-corrected chi connectivity index (χ3v) is 2.28. The van der Waals surface area contributed by atoms with Crippen molar-refractivity contribution in [3.63, 3.8) is 0 Å². The Morgan fingerprint density at radius 2 is 2.27 bits per heavy atom. The molecule has 1 aromatic carbocycles. The number of aryl methyl sites for hydroxylation is 1. The molecule has 0 aliphatic rings. The van der Waals surface area contributed by atoms with Gasteiger partial charge in [-0.25, -0.2) is 0 Å². The van der Waals surface area contributed by atoms with Crippen LogP contribution < -0.4 is 4.74 Å². The molecule has 4 nitrogen and oxygen atoms in total. The van der Waals surface area contributed by atoms with Crippen molar-refractivity contribution in [3.8, 4) is 17.1 Å². The highest BCUT2D eigenvalue weighted by molar-refractivity contribution is 5.57. The molecule has 1 aromatic heterocycles. The molecule has 0 aliphatic carbocycles. The fourth-order valence-electron chi connectivity index (χ4n) is 1.47. The number of aromatic nitrogens is 3. The Hall–Kier alpha value is -1.84. The van der Waals surface area contributed by atoms with Crippen molar-refractivity contribution >= 4 is 0 Å². The molecule has 0 spiro atoms. The molecule has 0 atom stereocenters. The minimum atomic E-state index is 0.832. The van der Waals surface area contributed by atoms with Gasteiger partial charge in [0.15, 0.2) is 5.82 Å². The van der Waals surface area contributed by atoms with Gasteiger partial charge in [0.2, 0.25) is 0 Å². The number of hydrogen-bond donors (Lipinski definition) is 0. The van der Waals surface area contributed by atoms with Gasteiger partial charge in [-0.1, -0.05) is 12.1 Å². The summed E-state index contributed by atoms with van der Waals surface area (Å²) in [6.07, 6.45) is 1.73. The first-order valence-electron chi connectivity index (χ1n) is 4.87. The molecule has 78 valence electrons. The lowest BCUT2D eigenvalue weighted by atomic mass is 10.2. The number of ether oxygens (including phenoxy) is 1. The van der Waals surface area contributed by atoms with Gasteiger partial charge in [0.1, 0.15) is 12.1 Å². The van der Waals surface area contributed by atoms with E-state index in [9.17, 15) is 0 Å². The van der Waals surface area contributed by atoms with Crippen LogP contribution in [0.1, 0.15) is 6.92 Å². The van der Waals surface area contributed by atoms with Crippen LogP contribution in [-0.2, 0) is 6.54 Å². The maximum Gasteiger partial charge on any atom is 0.163 e. The minimum Gasteiger partial charge on any atom is -0.497 e. The first kappa shape index (κ1) is 9.71. The van der Waals surface area contributed by atoms with Gasteiger partial charge in [0.25, 0.3) is 0 Å². The monoisotopic (exact) mass is 203 g/mol. The Labute approximate surface area is 88.5 Å². The molecule has 0 radical (unpaired) electrons. The molecule has 0 amide bonds. The van der Waals surface area contributed by atoms with E-state index < -0.39 is 0 Å². The molecular formula is C11H13N3O. The second-order valence-corrected chi connectivity index (χ2v) is 3.17. The van der Waals surface area contributed by atoms with Crippen LogP contribution in [0.25, 0.3) is 11.4 Å². The van der Waals surface area contributed by atoms with Gasteiger partial charge < -0.3 is 9.30 Å². The molecule has 2 aromatic rings. The lowest BCUT2D eigenvalue weighted by Gasteiger charge is -2.04. The summed E-state index contributed by atoms with van der Waals surface area (Å²) in [5.41, 5.74) is 1.02. The summed E-state index contributed by atoms with van der Waals surface area (Å²) < 4.78 is 7.16. The maximum absolute atomic E-state index is 5.17. The molecule has 0 saturated heterocycles. The standard InChI is InChI=1S/C11H13N3O/c1-3-14-8-12-13-11(14)9-5-4-6-10(7-9)15-2/h4-8H,3H2,1-2H3. The first-order chi connectivity index (χ1) is 7.35. The van der Waals surface area contributed by atoms with E-state index in [1.165, 1.54) is 0 Å². The number of rotatable bonds is 3. The van der Waals surface area contributed by atoms with Crippen LogP contribution in [0.5, 0.6) is 5.75 Å². The summed E-state index contributed by atoms with van der Waals surface area (Å²) in [5, 5.41) is 7.99. The lowest BCUT2D eigenvalue weighted by Crippen LogP contribution is -1.96. The maximum atomic E-state index is 5.17. The molecule has 15 heavy (non-hydrogen) atoms. The highest BCUT2D eigenvalue weighted by atomic mass is 16.5. The molecule has 0 fully saturated rings. The Morgan fingerprint density at radius 3 is 3.00 bits per heavy atom. The van der Waals surface area contributed by atoms with Crippen LogP contribution in [-0.4, -0.2) is 21.9 Å². The second-order valence-electron chi connectivity index (χ2n) is 3.17. The third kappa shape index (κ3) is 1.83. The van der Waals surface area contributed by atoms with Gasteiger partial charge >= 0.3 is 0 Å². The molecule has 1 heterocycles. The van der Waals surface area contributed by atoms with Gasteiger partial charge in [-0.05, 0) is 19.1 Å². The fraction of sp³-hybridized carbons (Fsp3) is 0.273. The van der Waals surface area contributed by atoms with Crippen molar-refractivity contribution in [3.05, 3.63) is 30.6 Å². The molecule has 2 rings (SSSR count). The molecule has 0 aliphatic heterocycles. The van der Waals surface area contributed by atoms with Crippen LogP contribution in [0, 0.1) is 0 Å². The van der Waals surface area contributed by atoms with Crippen molar-refractivity contribution in [1.29, 1.82) is 0 Å². The summed E-state index contributed by atoms with van der Waals surface area (Å²) in [4.78, 5) is 0. The molecule has 4 heteroatoms. The predicted molar refractivity (Wildman–Crippen MR) is 57.7 cm³/mol. The van der Waals surface area contributed by atoms with E-state index in [0.717, 1.165) is 23.7 Å². The molecule has 0 N–H and O–H groups in total. The van der Waals surface area contributed by atoms with Crippen LogP contribution in [0.4, 0.5) is 0 Å². The smallest absolute Gasteiger partial charge is 0.163 e. The quantitative estimate of drug-likeness (QED) is 0.765. The van der Waals surface area contributed by atoms with Crippen molar-refractivity contribution in [2.75, 3.05) is 7.11 Å². The van der Waals surface area contributed by atoms with E-state index in [-0.39, 0.29) is 0 Å². The second kappa shape index (κ2) is 4.13. The Bertz CT molecular complexity index is 451. The van der Waals surface area contributed by atoms with Crippen molar-refractivity contribution in [2.45, 2.75) is 13.5 Å². The SMILES string of the molecule is CCn1cnnc1-c1cccc(OC)c1. The first-order valence-corrected chi connectivity index (χ1v) is 4.87. The summed E-state index contributed by atoms with van der Waals surface area (Å²) in [7, 11) is 1.66. The van der Waals surface area contributed by atoms with Crippen LogP contribution >= 0.6 is 0 Å². The molecular weight excluding hydrogens is 190 g/mol. The van der Waals surface area contributed by atoms with Crippen LogP contribution in [0.15, 0.2) is 30.6 Å². The van der Waals surface area contributed by atoms with Gasteiger partial charge in [0, 0.05) is 12.1 Å². The Morgan fingerprint density at radius 1 is 1.40 bits per heavy atom. The van der Waals surface area contributed by atoms with Gasteiger partial charge in [-0.3, -0.25) is 0 Å². The highest BCUT2D eigenvalue weighted by Crippen LogP contribution is 2.21. The van der Waals surface area contributed by atoms with E-state index in [4.69, 9.17) is 4.74 Å². The van der Waals surface area contributed by atoms with Gasteiger partial charge in [0.05, 0.1) is 7.11 Å². The van der Waals surface area contributed by atoms with Gasteiger partial charge in [-0.15, -0.1) is 10.2 Å². The zero-order valence-electron chi connectivity index (χ0n) is 8.84. The van der Waals surface area contributed by atoms with Crippen LogP contribution in [0.3, 0.4) is 0 Å². The molecule has 0 unspecified atom stereocenters. The van der Waals surface area contributed by atoms with Crippen molar-refractivity contribution < 1.29 is 4.74 Å². The van der Waals surface area contributed by atoms with Gasteiger partial charge in [-0.2, -0.15) is 0 Å². The van der Waals surface area contributed by atoms with E-state index in [2.05, 4.69) is 17.1 Å². The zero-order chi connectivity index (χ0) is 10.7. The predicted octanol–water partition coefficient (Wildman–Crippen LogP) is 1.97. The fourth-order valence-corrected chi connectivity index (χ4v) is 1.47. The summed E-state index contributed by atoms with van der Waals surface area (Å²) in [6.45, 7) is 2.92. The van der Waals surface area contributed by atoms with Crippen molar-refractivity contribution in [2.24, 2.45) is 0 Å². The molecule has 0 bridgehead atoms. The van der Waals surface area contributed by atoms with E-state index in [1.807, 2.05) is 28.8 Å². The largest absolute Gasteiger partial charge is 0.497 e. The number of hydrogen-bond acceptors (Lipinski definition) is 3. The topological polar surface area (TPSA) is 39.9 Å². The number of nitrogens with zero attached hydrogens (tertiary/aromatic N) is 3. The minimum absolute atomic E-state index is 0.832. The van der Waals surface area contributed by atoms with E-state index >= 15 is 0 Å².